The fraction of sp³-hybridized carbons (Fsp3) is 0.500. The minimum Gasteiger partial charge on any atom is -0.374 e. The molecule has 1 aliphatic carbocycles. The van der Waals surface area contributed by atoms with E-state index < -0.39 is 0 Å². The highest BCUT2D eigenvalue weighted by Crippen LogP contribution is 2.30. The molecule has 2 unspecified atom stereocenters. The van der Waals surface area contributed by atoms with E-state index in [1.807, 2.05) is 36.1 Å². The molecule has 1 aliphatic heterocycles. The number of thioether (sulfide) groups is 1. The number of morpholine rings is 1. The number of para-hydroxylation sites is 1. The average molecular weight is 398 g/mol. The van der Waals surface area contributed by atoms with E-state index in [0.29, 0.717) is 29.9 Å². The zero-order chi connectivity index (χ0) is 19.1. The zero-order valence-corrected chi connectivity index (χ0v) is 16.7. The van der Waals surface area contributed by atoms with Crippen LogP contribution in [-0.2, 0) is 9.53 Å². The lowest BCUT2D eigenvalue weighted by Gasteiger charge is -2.43. The van der Waals surface area contributed by atoms with Crippen molar-refractivity contribution in [2.45, 2.75) is 49.9 Å². The van der Waals surface area contributed by atoms with Gasteiger partial charge in [-0.15, -0.1) is 5.10 Å². The van der Waals surface area contributed by atoms with Crippen molar-refractivity contribution in [2.24, 2.45) is 0 Å². The second-order valence-corrected chi connectivity index (χ2v) is 8.39. The molecule has 2 aromatic heterocycles. The third kappa shape index (κ3) is 3.14. The van der Waals surface area contributed by atoms with Crippen LogP contribution in [0.4, 0.5) is 0 Å². The molecule has 28 heavy (non-hydrogen) atoms. The Bertz CT molecular complexity index is 1030. The Morgan fingerprint density at radius 3 is 3.04 bits per heavy atom. The van der Waals surface area contributed by atoms with Crippen molar-refractivity contribution in [2.75, 3.05) is 18.9 Å². The maximum Gasteiger partial charge on any atom is 0.233 e. The Labute approximate surface area is 167 Å². The maximum atomic E-state index is 13.0. The molecule has 1 saturated carbocycles. The summed E-state index contributed by atoms with van der Waals surface area (Å²) in [6, 6.07) is 8.14. The molecule has 2 fully saturated rings. The van der Waals surface area contributed by atoms with Gasteiger partial charge >= 0.3 is 0 Å². The first kappa shape index (κ1) is 17.9. The predicted molar refractivity (Wildman–Crippen MR) is 107 cm³/mol. The number of benzene rings is 1. The lowest BCUT2D eigenvalue weighted by molar-refractivity contribution is -0.146. The van der Waals surface area contributed by atoms with Gasteiger partial charge in [0.1, 0.15) is 5.82 Å². The number of hydrogen-bond donors (Lipinski definition) is 0. The van der Waals surface area contributed by atoms with Gasteiger partial charge in [0.05, 0.1) is 30.0 Å². The molecule has 3 heterocycles. The summed E-state index contributed by atoms with van der Waals surface area (Å²) in [4.78, 5) is 24.3. The summed E-state index contributed by atoms with van der Waals surface area (Å²) in [5.41, 5.74) is 1.66. The quantitative estimate of drug-likeness (QED) is 0.500. The largest absolute Gasteiger partial charge is 0.374 e. The number of amides is 1. The van der Waals surface area contributed by atoms with Crippen LogP contribution in [0.3, 0.4) is 0 Å². The number of nitrogens with zero attached hydrogens (tertiary/aromatic N) is 5. The molecule has 0 radical (unpaired) electrons. The third-order valence-electron chi connectivity index (χ3n) is 5.63. The third-order valence-corrected chi connectivity index (χ3v) is 6.55. The molecule has 1 saturated heterocycles. The van der Waals surface area contributed by atoms with Crippen LogP contribution < -0.4 is 0 Å². The fourth-order valence-corrected chi connectivity index (χ4v) is 5.17. The van der Waals surface area contributed by atoms with Crippen molar-refractivity contribution >= 4 is 34.2 Å². The summed E-state index contributed by atoms with van der Waals surface area (Å²) in [6.07, 6.45) is 4.68. The number of fused-ring (bicyclic) bond motifs is 4. The molecule has 0 spiro atoms. The highest BCUT2D eigenvalue weighted by Gasteiger charge is 2.36. The molecule has 5 rings (SSSR count). The van der Waals surface area contributed by atoms with E-state index in [4.69, 9.17) is 9.72 Å². The van der Waals surface area contributed by atoms with E-state index in [0.717, 1.165) is 29.4 Å². The monoisotopic (exact) mass is 397 g/mol. The highest BCUT2D eigenvalue weighted by molar-refractivity contribution is 7.99. The summed E-state index contributed by atoms with van der Waals surface area (Å²) in [6.45, 7) is 3.19. The lowest BCUT2D eigenvalue weighted by atomic mass is 9.90. The summed E-state index contributed by atoms with van der Waals surface area (Å²) < 4.78 is 7.66. The number of carbonyl (C=O) groups excluding carboxylic acids is 1. The Kier molecular flexibility index (Phi) is 4.68. The van der Waals surface area contributed by atoms with Crippen molar-refractivity contribution in [1.82, 2.24) is 24.5 Å². The van der Waals surface area contributed by atoms with E-state index >= 15 is 0 Å². The first-order valence-electron chi connectivity index (χ1n) is 9.87. The van der Waals surface area contributed by atoms with Gasteiger partial charge in [-0.2, -0.15) is 4.52 Å². The Morgan fingerprint density at radius 2 is 2.11 bits per heavy atom. The Balaban J connectivity index is 1.40. The summed E-state index contributed by atoms with van der Waals surface area (Å²) in [7, 11) is 0. The molecule has 8 heteroatoms. The van der Waals surface area contributed by atoms with Crippen molar-refractivity contribution in [3.05, 3.63) is 30.1 Å². The molecule has 3 aromatic rings. The molecule has 2 aliphatic rings. The van der Waals surface area contributed by atoms with Crippen LogP contribution in [0.25, 0.3) is 16.6 Å². The van der Waals surface area contributed by atoms with Gasteiger partial charge in [-0.1, -0.05) is 36.7 Å². The molecule has 2 atom stereocenters. The van der Waals surface area contributed by atoms with Gasteiger partial charge in [0, 0.05) is 11.9 Å². The van der Waals surface area contributed by atoms with Gasteiger partial charge in [0.15, 0.2) is 10.8 Å². The topological polar surface area (TPSA) is 72.6 Å². The second kappa shape index (κ2) is 7.33. The molecular formula is C20H23N5O2S. The number of hydrogen-bond acceptors (Lipinski definition) is 6. The van der Waals surface area contributed by atoms with E-state index in [1.165, 1.54) is 24.6 Å². The Morgan fingerprint density at radius 1 is 1.25 bits per heavy atom. The van der Waals surface area contributed by atoms with Crippen molar-refractivity contribution in [3.8, 4) is 0 Å². The smallest absolute Gasteiger partial charge is 0.233 e. The highest BCUT2D eigenvalue weighted by atomic mass is 32.2. The standard InChI is InChI=1S/C20H23N5O2S/c1-13-21-19-14-6-2-3-7-15(14)22-20(25(19)23-13)28-12-18(26)24-10-11-27-17-9-5-4-8-16(17)24/h2-3,6-7,16-17H,4-5,8-12H2,1H3. The van der Waals surface area contributed by atoms with Crippen LogP contribution in [-0.4, -0.2) is 61.4 Å². The first-order valence-corrected chi connectivity index (χ1v) is 10.9. The van der Waals surface area contributed by atoms with Crippen LogP contribution in [0.5, 0.6) is 0 Å². The van der Waals surface area contributed by atoms with E-state index in [2.05, 4.69) is 10.1 Å². The van der Waals surface area contributed by atoms with Crippen LogP contribution in [0.2, 0.25) is 0 Å². The minimum absolute atomic E-state index is 0.158. The predicted octanol–water partition coefficient (Wildman–Crippen LogP) is 2.85. The summed E-state index contributed by atoms with van der Waals surface area (Å²) in [5.74, 6) is 1.21. The second-order valence-electron chi connectivity index (χ2n) is 7.44. The molecule has 1 amide bonds. The zero-order valence-electron chi connectivity index (χ0n) is 15.9. The molecule has 0 bridgehead atoms. The van der Waals surface area contributed by atoms with E-state index in [9.17, 15) is 4.79 Å². The van der Waals surface area contributed by atoms with Crippen molar-refractivity contribution in [3.63, 3.8) is 0 Å². The van der Waals surface area contributed by atoms with Gasteiger partial charge < -0.3 is 9.64 Å². The summed E-state index contributed by atoms with van der Waals surface area (Å²) in [5, 5.41) is 6.17. The number of carbonyl (C=O) groups is 1. The number of ether oxygens (including phenoxy) is 1. The van der Waals surface area contributed by atoms with Crippen LogP contribution in [0.15, 0.2) is 29.4 Å². The lowest BCUT2D eigenvalue weighted by Crippen LogP contribution is -2.55. The maximum absolute atomic E-state index is 13.0. The Hall–Kier alpha value is -2.19. The van der Waals surface area contributed by atoms with Gasteiger partial charge in [-0.05, 0) is 31.9 Å². The van der Waals surface area contributed by atoms with Crippen LogP contribution in [0.1, 0.15) is 31.5 Å². The number of aryl methyl sites for hydroxylation is 1. The van der Waals surface area contributed by atoms with Gasteiger partial charge in [-0.25, -0.2) is 9.97 Å². The normalized spacial score (nSPS) is 22.5. The molecule has 7 nitrogen and oxygen atoms in total. The SMILES string of the molecule is Cc1nc2c3ccccc3nc(SCC(=O)N3CCOC4CCCCC43)n2n1. The number of aromatic nitrogens is 4. The van der Waals surface area contributed by atoms with E-state index in [-0.39, 0.29) is 18.1 Å². The van der Waals surface area contributed by atoms with Gasteiger partial charge in [-0.3, -0.25) is 4.79 Å². The molecule has 146 valence electrons. The van der Waals surface area contributed by atoms with Gasteiger partial charge in [0.25, 0.3) is 0 Å². The van der Waals surface area contributed by atoms with Crippen LogP contribution >= 0.6 is 11.8 Å². The van der Waals surface area contributed by atoms with Crippen molar-refractivity contribution < 1.29 is 9.53 Å². The summed E-state index contributed by atoms with van der Waals surface area (Å²) >= 11 is 1.44. The van der Waals surface area contributed by atoms with Crippen molar-refractivity contribution in [1.29, 1.82) is 0 Å². The first-order chi connectivity index (χ1) is 13.7. The van der Waals surface area contributed by atoms with Gasteiger partial charge in [0.2, 0.25) is 5.91 Å². The molecule has 0 N–H and O–H groups in total. The fourth-order valence-electron chi connectivity index (χ4n) is 4.34. The molecular weight excluding hydrogens is 374 g/mol. The molecule has 1 aromatic carbocycles. The minimum atomic E-state index is 0.158. The number of rotatable bonds is 3. The van der Waals surface area contributed by atoms with Crippen LogP contribution in [0, 0.1) is 6.92 Å². The van der Waals surface area contributed by atoms with E-state index in [1.54, 1.807) is 4.52 Å². The average Bonchev–Trinajstić information content (AvgIpc) is 3.13.